The van der Waals surface area contributed by atoms with E-state index in [4.69, 9.17) is 4.52 Å². The first-order valence-electron chi connectivity index (χ1n) is 11.2. The molecule has 2 atom stereocenters. The van der Waals surface area contributed by atoms with E-state index in [2.05, 4.69) is 44.0 Å². The van der Waals surface area contributed by atoms with E-state index < -0.39 is 0 Å². The molecule has 2 aliphatic rings. The van der Waals surface area contributed by atoms with Crippen LogP contribution in [0.15, 0.2) is 9.52 Å². The Bertz CT molecular complexity index is 715. The van der Waals surface area contributed by atoms with Crippen LogP contribution in [0.25, 0.3) is 0 Å². The number of carbonyl (C=O) groups excluding carboxylic acids is 1. The minimum atomic E-state index is 0. The van der Waals surface area contributed by atoms with Crippen molar-refractivity contribution in [1.82, 2.24) is 25.2 Å². The zero-order valence-electron chi connectivity index (χ0n) is 19.7. The van der Waals surface area contributed by atoms with Crippen molar-refractivity contribution < 1.29 is 9.32 Å². The summed E-state index contributed by atoms with van der Waals surface area (Å²) < 4.78 is 5.24. The predicted octanol–water partition coefficient (Wildman–Crippen LogP) is 2.15. The highest BCUT2D eigenvalue weighted by atomic mass is 127. The fourth-order valence-corrected chi connectivity index (χ4v) is 4.77. The van der Waals surface area contributed by atoms with Crippen LogP contribution in [0.3, 0.4) is 0 Å². The van der Waals surface area contributed by atoms with Gasteiger partial charge >= 0.3 is 0 Å². The molecular formula is C22H39IN6O2. The molecule has 0 aromatic carbocycles. The topological polar surface area (TPSA) is 77.2 Å². The Morgan fingerprint density at radius 2 is 1.77 bits per heavy atom. The number of aryl methyl sites for hydroxylation is 2. The molecule has 9 heteroatoms. The molecule has 0 bridgehead atoms. The molecule has 2 aliphatic heterocycles. The summed E-state index contributed by atoms with van der Waals surface area (Å²) >= 11 is 0. The predicted molar refractivity (Wildman–Crippen MR) is 134 cm³/mol. The second-order valence-corrected chi connectivity index (χ2v) is 9.03. The summed E-state index contributed by atoms with van der Waals surface area (Å²) in [5, 5.41) is 7.48. The molecule has 2 fully saturated rings. The zero-order chi connectivity index (χ0) is 21.7. The van der Waals surface area contributed by atoms with Crippen LogP contribution in [-0.2, 0) is 11.2 Å². The van der Waals surface area contributed by atoms with Crippen molar-refractivity contribution in [2.75, 3.05) is 59.4 Å². The maximum Gasteiger partial charge on any atom is 0.236 e. The van der Waals surface area contributed by atoms with Crippen molar-refractivity contribution in [3.8, 4) is 0 Å². The third-order valence-corrected chi connectivity index (χ3v) is 6.30. The molecule has 1 amide bonds. The number of hydrogen-bond donors (Lipinski definition) is 1. The molecule has 31 heavy (non-hydrogen) atoms. The molecule has 0 saturated carbocycles. The van der Waals surface area contributed by atoms with E-state index in [1.165, 1.54) is 12.0 Å². The van der Waals surface area contributed by atoms with Gasteiger partial charge in [-0.3, -0.25) is 14.7 Å². The van der Waals surface area contributed by atoms with Gasteiger partial charge in [0.2, 0.25) is 5.91 Å². The van der Waals surface area contributed by atoms with E-state index in [-0.39, 0.29) is 29.9 Å². The second-order valence-electron chi connectivity index (χ2n) is 9.03. The van der Waals surface area contributed by atoms with Gasteiger partial charge in [-0.05, 0) is 38.5 Å². The third-order valence-electron chi connectivity index (χ3n) is 6.30. The Balaban J connectivity index is 0.00000341. The summed E-state index contributed by atoms with van der Waals surface area (Å²) in [6, 6.07) is 0. The van der Waals surface area contributed by atoms with Gasteiger partial charge in [-0.2, -0.15) is 0 Å². The van der Waals surface area contributed by atoms with Gasteiger partial charge in [-0.1, -0.05) is 19.0 Å². The number of guanidine groups is 1. The number of amides is 1. The lowest BCUT2D eigenvalue weighted by Crippen LogP contribution is -2.55. The third kappa shape index (κ3) is 7.06. The van der Waals surface area contributed by atoms with Crippen molar-refractivity contribution in [1.29, 1.82) is 0 Å². The number of hydrogen-bond acceptors (Lipinski definition) is 5. The quantitative estimate of drug-likeness (QED) is 0.347. The summed E-state index contributed by atoms with van der Waals surface area (Å²) in [6.45, 7) is 15.1. The number of nitrogens with zero attached hydrogens (tertiary/aromatic N) is 5. The Kier molecular flexibility index (Phi) is 10.1. The van der Waals surface area contributed by atoms with Gasteiger partial charge in [0.25, 0.3) is 0 Å². The van der Waals surface area contributed by atoms with Gasteiger partial charge < -0.3 is 19.6 Å². The second kappa shape index (κ2) is 12.0. The van der Waals surface area contributed by atoms with E-state index >= 15 is 0 Å². The average molecular weight is 546 g/mol. The monoisotopic (exact) mass is 546 g/mol. The van der Waals surface area contributed by atoms with Crippen LogP contribution in [-0.4, -0.2) is 91.1 Å². The van der Waals surface area contributed by atoms with Crippen molar-refractivity contribution >= 4 is 35.8 Å². The van der Waals surface area contributed by atoms with E-state index in [9.17, 15) is 4.79 Å². The minimum Gasteiger partial charge on any atom is -0.361 e. The Morgan fingerprint density at radius 1 is 1.13 bits per heavy atom. The average Bonchev–Trinajstić information content (AvgIpc) is 3.03. The van der Waals surface area contributed by atoms with E-state index in [1.54, 1.807) is 0 Å². The molecule has 2 saturated heterocycles. The van der Waals surface area contributed by atoms with Crippen LogP contribution < -0.4 is 5.32 Å². The standard InChI is InChI=1S/C22H38N6O2.HI/c1-16-12-17(2)14-28(13-16)21(29)15-26-8-10-27(11-9-26)22(23-5)24-7-6-20-18(3)25-30-19(20)4;/h16-17H,6-15H2,1-5H3,(H,23,24);1H. The largest absolute Gasteiger partial charge is 0.361 e. The number of aromatic nitrogens is 1. The molecule has 0 spiro atoms. The lowest BCUT2D eigenvalue weighted by molar-refractivity contribution is -0.135. The summed E-state index contributed by atoms with van der Waals surface area (Å²) in [6.07, 6.45) is 2.09. The maximum atomic E-state index is 12.8. The number of carbonyl (C=O) groups is 1. The molecule has 0 radical (unpaired) electrons. The van der Waals surface area contributed by atoms with Crippen LogP contribution >= 0.6 is 24.0 Å². The number of rotatable bonds is 5. The first-order chi connectivity index (χ1) is 14.4. The minimum absolute atomic E-state index is 0. The molecule has 1 N–H and O–H groups in total. The number of likely N-dealkylation sites (tertiary alicyclic amines) is 1. The van der Waals surface area contributed by atoms with E-state index in [0.29, 0.717) is 18.4 Å². The van der Waals surface area contributed by atoms with Gasteiger partial charge in [-0.25, -0.2) is 0 Å². The van der Waals surface area contributed by atoms with Crippen LogP contribution in [0.1, 0.15) is 37.3 Å². The Labute approximate surface area is 203 Å². The number of aliphatic imine (C=N–C) groups is 1. The van der Waals surface area contributed by atoms with E-state index in [0.717, 1.165) is 69.6 Å². The van der Waals surface area contributed by atoms with Crippen LogP contribution in [0.5, 0.6) is 0 Å². The molecule has 176 valence electrons. The number of halogens is 1. The summed E-state index contributed by atoms with van der Waals surface area (Å²) in [5.41, 5.74) is 2.13. The fraction of sp³-hybridized carbons (Fsp3) is 0.773. The van der Waals surface area contributed by atoms with E-state index in [1.807, 2.05) is 20.9 Å². The first kappa shape index (κ1) is 25.9. The van der Waals surface area contributed by atoms with Gasteiger partial charge in [0.1, 0.15) is 5.76 Å². The highest BCUT2D eigenvalue weighted by Crippen LogP contribution is 2.21. The first-order valence-corrected chi connectivity index (χ1v) is 11.2. The lowest BCUT2D eigenvalue weighted by Gasteiger charge is -2.39. The van der Waals surface area contributed by atoms with Gasteiger partial charge in [0.15, 0.2) is 5.96 Å². The molecule has 3 rings (SSSR count). The normalized spacial score (nSPS) is 22.9. The molecule has 8 nitrogen and oxygen atoms in total. The highest BCUT2D eigenvalue weighted by Gasteiger charge is 2.28. The molecular weight excluding hydrogens is 507 g/mol. The molecule has 0 aliphatic carbocycles. The molecule has 1 aromatic heterocycles. The Hall–Kier alpha value is -1.36. The van der Waals surface area contributed by atoms with Crippen molar-refractivity contribution in [2.45, 2.75) is 40.5 Å². The molecule has 1 aromatic rings. The van der Waals surface area contributed by atoms with Gasteiger partial charge in [-0.15, -0.1) is 24.0 Å². The SMILES string of the molecule is CN=C(NCCc1c(C)noc1C)N1CCN(CC(=O)N2CC(C)CC(C)C2)CC1.I. The lowest BCUT2D eigenvalue weighted by atomic mass is 9.92. The zero-order valence-corrected chi connectivity index (χ0v) is 22.0. The van der Waals surface area contributed by atoms with Crippen LogP contribution in [0.2, 0.25) is 0 Å². The van der Waals surface area contributed by atoms with Crippen molar-refractivity contribution in [3.05, 3.63) is 17.0 Å². The summed E-state index contributed by atoms with van der Waals surface area (Å²) in [4.78, 5) is 23.8. The van der Waals surface area contributed by atoms with Crippen LogP contribution in [0, 0.1) is 25.7 Å². The van der Waals surface area contributed by atoms with Crippen molar-refractivity contribution in [2.24, 2.45) is 16.8 Å². The fourth-order valence-electron chi connectivity index (χ4n) is 4.77. The number of nitrogens with one attached hydrogen (secondary N) is 1. The Morgan fingerprint density at radius 3 is 2.32 bits per heavy atom. The van der Waals surface area contributed by atoms with Crippen LogP contribution in [0.4, 0.5) is 0 Å². The summed E-state index contributed by atoms with van der Waals surface area (Å²) in [5.74, 6) is 3.30. The maximum absolute atomic E-state index is 12.8. The number of piperidine rings is 1. The molecule has 2 unspecified atom stereocenters. The highest BCUT2D eigenvalue weighted by molar-refractivity contribution is 14.0. The van der Waals surface area contributed by atoms with Gasteiger partial charge in [0, 0.05) is 58.4 Å². The number of piperazine rings is 1. The smallest absolute Gasteiger partial charge is 0.236 e. The summed E-state index contributed by atoms with van der Waals surface area (Å²) in [7, 11) is 1.83. The van der Waals surface area contributed by atoms with Gasteiger partial charge in [0.05, 0.1) is 12.2 Å². The molecule has 3 heterocycles. The van der Waals surface area contributed by atoms with Crippen molar-refractivity contribution in [3.63, 3.8) is 0 Å².